The number of aryl methyl sites for hydroxylation is 1. The van der Waals surface area contributed by atoms with Crippen LogP contribution in [0.15, 0.2) is 67.0 Å². The number of carbonyl (C=O) groups is 4. The molecule has 4 fully saturated rings. The summed E-state index contributed by atoms with van der Waals surface area (Å²) < 4.78 is 48.1. The number of alkyl carbamates (subject to hydrolysis) is 2. The summed E-state index contributed by atoms with van der Waals surface area (Å²) in [5.41, 5.74) is 6.46. The van der Waals surface area contributed by atoms with Gasteiger partial charge in [0.2, 0.25) is 18.0 Å². The summed E-state index contributed by atoms with van der Waals surface area (Å²) in [7, 11) is 2.58. The average Bonchev–Trinajstić information content (AvgIpc) is 4.30. The maximum Gasteiger partial charge on any atom is 0.407 e. The fourth-order valence-electron chi connectivity index (χ4n) is 12.8. The second kappa shape index (κ2) is 19.6. The van der Waals surface area contributed by atoms with Crippen LogP contribution in [0.1, 0.15) is 114 Å². The fraction of sp³-hybridized carbons (Fsp3) is 0.474. The smallest absolute Gasteiger partial charge is 0.407 e. The van der Waals surface area contributed by atoms with Crippen LogP contribution < -0.4 is 20.1 Å². The van der Waals surface area contributed by atoms with Gasteiger partial charge in [-0.15, -0.1) is 0 Å². The molecule has 76 heavy (non-hydrogen) atoms. The van der Waals surface area contributed by atoms with Crippen LogP contribution in [0.2, 0.25) is 0 Å². The molecular formula is C57H64FN9O9. The lowest BCUT2D eigenvalue weighted by Crippen LogP contribution is -2.55. The Morgan fingerprint density at radius 3 is 2.29 bits per heavy atom. The van der Waals surface area contributed by atoms with Crippen LogP contribution in [-0.4, -0.2) is 116 Å². The first-order valence-electron chi connectivity index (χ1n) is 26.7. The summed E-state index contributed by atoms with van der Waals surface area (Å²) in [6.45, 7) is 8.86. The second-order valence-electron chi connectivity index (χ2n) is 21.9. The molecule has 5 aliphatic heterocycles. The molecule has 18 nitrogen and oxygen atoms in total. The van der Waals surface area contributed by atoms with Gasteiger partial charge in [0.05, 0.1) is 85.7 Å². The van der Waals surface area contributed by atoms with Gasteiger partial charge in [0.1, 0.15) is 41.0 Å². The Bertz CT molecular complexity index is 3250. The number of carbonyl (C=O) groups excluding carboxylic acids is 4. The zero-order valence-electron chi connectivity index (χ0n) is 43.6. The lowest BCUT2D eigenvalue weighted by molar-refractivity contribution is -0.140. The van der Waals surface area contributed by atoms with Gasteiger partial charge in [-0.05, 0) is 125 Å². The van der Waals surface area contributed by atoms with Gasteiger partial charge in [0, 0.05) is 34.7 Å². The first-order valence-corrected chi connectivity index (χ1v) is 26.7. The van der Waals surface area contributed by atoms with Gasteiger partial charge in [-0.25, -0.2) is 23.9 Å². The number of piperidine rings is 1. The molecule has 3 aromatic heterocycles. The number of imidazole rings is 2. The van der Waals surface area contributed by atoms with Crippen molar-refractivity contribution in [3.8, 4) is 45.3 Å². The first kappa shape index (κ1) is 49.5. The molecule has 3 saturated heterocycles. The molecule has 4 amide bonds. The van der Waals surface area contributed by atoms with E-state index in [1.807, 2.05) is 67.5 Å². The number of nitrogens with one attached hydrogen (secondary N) is 4. The third-order valence-electron chi connectivity index (χ3n) is 16.5. The molecule has 1 aliphatic carbocycles. The van der Waals surface area contributed by atoms with Crippen LogP contribution in [0.5, 0.6) is 11.5 Å². The molecular weight excluding hydrogens is 974 g/mol. The number of ether oxygens (including phenoxy) is 5. The molecule has 1 saturated carbocycles. The molecule has 0 radical (unpaired) electrons. The molecule has 12 rings (SSSR count). The van der Waals surface area contributed by atoms with Gasteiger partial charge in [-0.2, -0.15) is 0 Å². The van der Waals surface area contributed by atoms with Gasteiger partial charge in [-0.1, -0.05) is 32.0 Å². The Hall–Kier alpha value is -7.41. The van der Waals surface area contributed by atoms with Crippen LogP contribution >= 0.6 is 0 Å². The van der Waals surface area contributed by atoms with E-state index in [2.05, 4.69) is 38.8 Å². The summed E-state index contributed by atoms with van der Waals surface area (Å²) in [6, 6.07) is 15.4. The number of aromatic amines is 2. The number of amides is 4. The van der Waals surface area contributed by atoms with E-state index in [-0.39, 0.29) is 54.0 Å². The maximum absolute atomic E-state index is 17.1. The quantitative estimate of drug-likeness (QED) is 0.0962. The third kappa shape index (κ3) is 8.88. The molecule has 4 unspecified atom stereocenters. The van der Waals surface area contributed by atoms with E-state index >= 15 is 4.39 Å². The largest absolute Gasteiger partial charge is 0.493 e. The van der Waals surface area contributed by atoms with Crippen LogP contribution in [0.25, 0.3) is 44.7 Å². The van der Waals surface area contributed by atoms with E-state index < -0.39 is 36.3 Å². The van der Waals surface area contributed by atoms with Crippen molar-refractivity contribution < 1.29 is 47.3 Å². The minimum atomic E-state index is -0.782. The Labute approximate surface area is 439 Å². The Morgan fingerprint density at radius 2 is 1.54 bits per heavy atom. The normalized spacial score (nSPS) is 25.1. The SMILES string of the molecule is COC(=O)NC(C(=O)N1CCC[C@H]1c1ncc(-c2cc(F)c3c(c2)OC(c2ccc4c(c2)OCCC4)n2c-3cc3cc(-c4cnc([C@@H]5C[C@H]6C[C@H]6N5C(=O)C(NC(=O)OC)C5C[C@@H](C)O[C@@H](C)C5)[nH]4)ccc32)[nH]1)C(C)C. The molecule has 0 bridgehead atoms. The number of rotatable bonds is 11. The summed E-state index contributed by atoms with van der Waals surface area (Å²) >= 11 is 0. The van der Waals surface area contributed by atoms with Crippen LogP contribution in [-0.2, 0) is 30.2 Å². The highest BCUT2D eigenvalue weighted by Crippen LogP contribution is 2.54. The molecule has 10 atom stereocenters. The summed E-state index contributed by atoms with van der Waals surface area (Å²) in [5.74, 6) is 1.62. The number of likely N-dealkylation sites (tertiary alicyclic amines) is 2. The highest BCUT2D eigenvalue weighted by atomic mass is 19.1. The molecule has 4 N–H and O–H groups in total. The van der Waals surface area contributed by atoms with Gasteiger partial charge in [0.15, 0.2) is 0 Å². The molecule has 6 aliphatic rings. The fourth-order valence-corrected chi connectivity index (χ4v) is 12.8. The van der Waals surface area contributed by atoms with Gasteiger partial charge in [0.25, 0.3) is 0 Å². The summed E-state index contributed by atoms with van der Waals surface area (Å²) in [4.78, 5) is 73.8. The predicted octanol–water partition coefficient (Wildman–Crippen LogP) is 9.13. The van der Waals surface area contributed by atoms with Crippen LogP contribution in [0.4, 0.5) is 14.0 Å². The number of hydrogen-bond acceptors (Lipinski definition) is 11. The van der Waals surface area contributed by atoms with E-state index in [1.54, 1.807) is 17.3 Å². The maximum atomic E-state index is 17.1. The topological polar surface area (TPSA) is 207 Å². The molecule has 8 heterocycles. The predicted molar refractivity (Wildman–Crippen MR) is 278 cm³/mol. The van der Waals surface area contributed by atoms with Crippen molar-refractivity contribution in [2.75, 3.05) is 27.4 Å². The van der Waals surface area contributed by atoms with Crippen molar-refractivity contribution in [3.05, 3.63) is 95.6 Å². The number of halogens is 1. The number of H-pyrrole nitrogens is 2. The Morgan fingerprint density at radius 1 is 0.803 bits per heavy atom. The van der Waals surface area contributed by atoms with E-state index in [0.29, 0.717) is 78.2 Å². The number of nitrogens with zero attached hydrogens (tertiary/aromatic N) is 5. The number of aromatic nitrogens is 5. The number of benzene rings is 3. The highest BCUT2D eigenvalue weighted by Gasteiger charge is 2.57. The highest BCUT2D eigenvalue weighted by molar-refractivity contribution is 5.93. The van der Waals surface area contributed by atoms with Crippen LogP contribution in [0, 0.1) is 23.6 Å². The van der Waals surface area contributed by atoms with E-state index in [0.717, 1.165) is 71.1 Å². The number of fused-ring (bicyclic) bond motifs is 7. The van der Waals surface area contributed by atoms with Crippen molar-refractivity contribution in [3.63, 3.8) is 0 Å². The summed E-state index contributed by atoms with van der Waals surface area (Å²) in [5, 5.41) is 6.45. The van der Waals surface area contributed by atoms with Gasteiger partial charge < -0.3 is 58.7 Å². The van der Waals surface area contributed by atoms with E-state index in [4.69, 9.17) is 33.7 Å². The lowest BCUT2D eigenvalue weighted by atomic mass is 9.85. The van der Waals surface area contributed by atoms with Gasteiger partial charge >= 0.3 is 12.2 Å². The standard InChI is InChI=1S/C57H64FN9O9/c1-28(2)49(63-56(70)72-5)53(68)65-15-7-10-42(65)51-59-27-40(62-51)34-20-38(58)48-44-22-35-19-32(13-14-41(35)67(44)55(76-47(48)25-34)33-12-11-31-9-8-16-74-46(31)24-33)39-26-60-52(61-39)45-23-36-21-43(36)66(45)54(69)50(64-57(71)73-6)37-17-29(3)75-30(4)18-37/h11-14,19-20,22,24-30,36-37,42-43,45,49-50,55H,7-10,15-18,21,23H2,1-6H3,(H,59,62)(H,60,61)(H,63,70)(H,64,71)/t29-,30+,36-,37?,42+,43-,45+,49?,50?,55?/m1/s1. The summed E-state index contributed by atoms with van der Waals surface area (Å²) in [6.07, 6.45) is 7.56. The average molecular weight is 1040 g/mol. The van der Waals surface area contributed by atoms with Crippen molar-refractivity contribution in [2.24, 2.45) is 17.8 Å². The van der Waals surface area contributed by atoms with Crippen molar-refractivity contribution in [2.45, 2.75) is 128 Å². The molecule has 6 aromatic rings. The van der Waals surface area contributed by atoms with Crippen molar-refractivity contribution in [1.82, 2.24) is 44.9 Å². The lowest BCUT2D eigenvalue weighted by Gasteiger charge is -2.38. The second-order valence-corrected chi connectivity index (χ2v) is 21.9. The monoisotopic (exact) mass is 1040 g/mol. The van der Waals surface area contributed by atoms with Gasteiger partial charge in [-0.3, -0.25) is 9.59 Å². The zero-order valence-corrected chi connectivity index (χ0v) is 43.6. The minimum absolute atomic E-state index is 0.0530. The van der Waals surface area contributed by atoms with E-state index in [9.17, 15) is 19.2 Å². The molecule has 398 valence electrons. The van der Waals surface area contributed by atoms with E-state index in [1.165, 1.54) is 20.3 Å². The third-order valence-corrected chi connectivity index (χ3v) is 16.5. The molecule has 19 heteroatoms. The zero-order chi connectivity index (χ0) is 52.7. The molecule has 3 aromatic carbocycles. The van der Waals surface area contributed by atoms with Crippen LogP contribution in [0.3, 0.4) is 0 Å². The first-order chi connectivity index (χ1) is 36.7. The number of hydrogen-bond donors (Lipinski definition) is 4. The number of methoxy groups -OCH3 is 2. The Kier molecular flexibility index (Phi) is 12.8. The molecule has 0 spiro atoms. The van der Waals surface area contributed by atoms with Crippen molar-refractivity contribution in [1.29, 1.82) is 0 Å². The minimum Gasteiger partial charge on any atom is -0.493 e. The Balaban J connectivity index is 0.863. The van der Waals surface area contributed by atoms with Crippen molar-refractivity contribution >= 4 is 34.9 Å².